The van der Waals surface area contributed by atoms with Crippen molar-refractivity contribution in [2.45, 2.75) is 25.3 Å². The Bertz CT molecular complexity index is 982. The molecule has 10 nitrogen and oxygen atoms in total. The van der Waals surface area contributed by atoms with Gasteiger partial charge in [-0.05, 0) is 30.9 Å². The Hall–Kier alpha value is -3.47. The zero-order valence-corrected chi connectivity index (χ0v) is 16.2. The Balaban J connectivity index is 1.48. The van der Waals surface area contributed by atoms with Gasteiger partial charge in [0.1, 0.15) is 0 Å². The summed E-state index contributed by atoms with van der Waals surface area (Å²) in [7, 11) is 0. The molecular weight excluding hydrogens is 392 g/mol. The van der Waals surface area contributed by atoms with E-state index in [0.29, 0.717) is 6.54 Å². The molecule has 0 spiro atoms. The number of nitrogens with one attached hydrogen (secondary N) is 2. The van der Waals surface area contributed by atoms with Gasteiger partial charge in [-0.25, -0.2) is 9.78 Å². The Labute approximate surface area is 170 Å². The standard InChI is InChI=1S/C18H18N8O2S/c27-16(22-14-11-20-7-8-21-14)15-17(29-25-24-15)23-18(28)26-9-2-1-5-13(26)12-4-3-6-19-10-12/h3-4,6-8,10-11,13H,1-2,5,9H2,(H,23,28)(H,21,22,27)/t13-/m0/s1. The van der Waals surface area contributed by atoms with Gasteiger partial charge in [0.15, 0.2) is 16.5 Å². The molecule has 1 saturated heterocycles. The van der Waals surface area contributed by atoms with Crippen molar-refractivity contribution in [1.82, 2.24) is 29.4 Å². The number of carbonyl (C=O) groups is 2. The predicted molar refractivity (Wildman–Crippen MR) is 106 cm³/mol. The second-order valence-corrected chi connectivity index (χ2v) is 7.17. The average Bonchev–Trinajstić information content (AvgIpc) is 3.23. The number of hydrogen-bond donors (Lipinski definition) is 2. The van der Waals surface area contributed by atoms with Crippen LogP contribution in [0.15, 0.2) is 43.1 Å². The third kappa shape index (κ3) is 4.35. The van der Waals surface area contributed by atoms with Crippen LogP contribution in [0.4, 0.5) is 15.6 Å². The first kappa shape index (κ1) is 18.9. The first-order valence-electron chi connectivity index (χ1n) is 9.09. The summed E-state index contributed by atoms with van der Waals surface area (Å²) in [5.41, 5.74) is 1.02. The van der Waals surface area contributed by atoms with E-state index in [9.17, 15) is 9.59 Å². The van der Waals surface area contributed by atoms with E-state index < -0.39 is 5.91 Å². The Kier molecular flexibility index (Phi) is 5.66. The van der Waals surface area contributed by atoms with Gasteiger partial charge in [0, 0.05) is 42.9 Å². The SMILES string of the molecule is O=C(Nc1cnccn1)c1nnsc1NC(=O)N1CCCC[C@H]1c1cccnc1. The van der Waals surface area contributed by atoms with Crippen molar-refractivity contribution in [2.75, 3.05) is 17.2 Å². The highest BCUT2D eigenvalue weighted by Gasteiger charge is 2.29. The lowest BCUT2D eigenvalue weighted by Gasteiger charge is -2.35. The minimum absolute atomic E-state index is 0.0314. The number of hydrogen-bond acceptors (Lipinski definition) is 8. The van der Waals surface area contributed by atoms with Gasteiger partial charge in [0.2, 0.25) is 0 Å². The first-order valence-corrected chi connectivity index (χ1v) is 9.87. The van der Waals surface area contributed by atoms with Crippen LogP contribution in [0.25, 0.3) is 0 Å². The molecular formula is C18H18N8O2S. The summed E-state index contributed by atoms with van der Waals surface area (Å²) in [6, 6.07) is 3.48. The second-order valence-electron chi connectivity index (χ2n) is 6.42. The molecule has 3 aromatic rings. The maximum absolute atomic E-state index is 13.0. The van der Waals surface area contributed by atoms with E-state index in [4.69, 9.17) is 0 Å². The molecule has 0 aliphatic carbocycles. The normalized spacial score (nSPS) is 16.3. The zero-order chi connectivity index (χ0) is 20.1. The quantitative estimate of drug-likeness (QED) is 0.677. The van der Waals surface area contributed by atoms with Crippen molar-refractivity contribution in [3.8, 4) is 0 Å². The van der Waals surface area contributed by atoms with Crippen molar-refractivity contribution in [3.63, 3.8) is 0 Å². The summed E-state index contributed by atoms with van der Waals surface area (Å²) in [5.74, 6) is -0.229. The molecule has 148 valence electrons. The van der Waals surface area contributed by atoms with Crippen LogP contribution in [-0.2, 0) is 0 Å². The Morgan fingerprint density at radius 2 is 2.00 bits per heavy atom. The van der Waals surface area contributed by atoms with Gasteiger partial charge in [-0.2, -0.15) is 0 Å². The van der Waals surface area contributed by atoms with E-state index in [1.807, 2.05) is 12.1 Å². The number of rotatable bonds is 4. The van der Waals surface area contributed by atoms with Gasteiger partial charge in [-0.3, -0.25) is 20.1 Å². The van der Waals surface area contributed by atoms with E-state index in [1.54, 1.807) is 17.3 Å². The molecule has 0 aromatic carbocycles. The fourth-order valence-corrected chi connectivity index (χ4v) is 3.78. The number of carbonyl (C=O) groups excluding carboxylic acids is 2. The lowest BCUT2D eigenvalue weighted by Crippen LogP contribution is -2.41. The number of aromatic nitrogens is 5. The summed E-state index contributed by atoms with van der Waals surface area (Å²) in [6.45, 7) is 0.624. The minimum atomic E-state index is -0.517. The van der Waals surface area contributed by atoms with Gasteiger partial charge in [0.25, 0.3) is 5.91 Å². The number of piperidine rings is 1. The van der Waals surface area contributed by atoms with Gasteiger partial charge < -0.3 is 10.2 Å². The minimum Gasteiger partial charge on any atom is -0.317 e. The molecule has 3 amide bonds. The molecule has 0 unspecified atom stereocenters. The molecule has 4 heterocycles. The topological polar surface area (TPSA) is 126 Å². The molecule has 2 N–H and O–H groups in total. The van der Waals surface area contributed by atoms with E-state index in [-0.39, 0.29) is 28.6 Å². The van der Waals surface area contributed by atoms with E-state index in [2.05, 4.69) is 35.2 Å². The fourth-order valence-electron chi connectivity index (χ4n) is 3.22. The first-order chi connectivity index (χ1) is 14.2. The van der Waals surface area contributed by atoms with Crippen molar-refractivity contribution >= 4 is 34.3 Å². The van der Waals surface area contributed by atoms with Crippen LogP contribution in [0.5, 0.6) is 0 Å². The van der Waals surface area contributed by atoms with Crippen LogP contribution < -0.4 is 10.6 Å². The van der Waals surface area contributed by atoms with Crippen LogP contribution in [0.1, 0.15) is 41.4 Å². The largest absolute Gasteiger partial charge is 0.323 e. The molecule has 0 saturated carbocycles. The average molecular weight is 410 g/mol. The number of nitrogens with zero attached hydrogens (tertiary/aromatic N) is 6. The summed E-state index contributed by atoms with van der Waals surface area (Å²) in [4.78, 5) is 39.3. The maximum atomic E-state index is 13.0. The number of amides is 3. The Morgan fingerprint density at radius 1 is 1.10 bits per heavy atom. The lowest BCUT2D eigenvalue weighted by molar-refractivity contribution is 0.102. The molecule has 1 fully saturated rings. The third-order valence-electron chi connectivity index (χ3n) is 4.56. The summed E-state index contributed by atoms with van der Waals surface area (Å²) >= 11 is 0.949. The number of likely N-dealkylation sites (tertiary alicyclic amines) is 1. The van der Waals surface area contributed by atoms with E-state index >= 15 is 0 Å². The molecule has 0 radical (unpaired) electrons. The van der Waals surface area contributed by atoms with Gasteiger partial charge >= 0.3 is 6.03 Å². The Morgan fingerprint density at radius 3 is 2.79 bits per heavy atom. The van der Waals surface area contributed by atoms with Gasteiger partial charge in [-0.15, -0.1) is 5.10 Å². The number of anilines is 2. The number of urea groups is 1. The predicted octanol–water partition coefficient (Wildman–Crippen LogP) is 2.73. The van der Waals surface area contributed by atoms with Crippen LogP contribution in [0, 0.1) is 0 Å². The molecule has 0 bridgehead atoms. The zero-order valence-electron chi connectivity index (χ0n) is 15.4. The molecule has 11 heteroatoms. The number of pyridine rings is 1. The molecule has 1 atom stereocenters. The third-order valence-corrected chi connectivity index (χ3v) is 5.20. The summed E-state index contributed by atoms with van der Waals surface area (Å²) in [6.07, 6.45) is 10.7. The van der Waals surface area contributed by atoms with Crippen LogP contribution in [0.3, 0.4) is 0 Å². The highest BCUT2D eigenvalue weighted by Crippen LogP contribution is 2.31. The molecule has 1 aliphatic rings. The second kappa shape index (κ2) is 8.69. The highest BCUT2D eigenvalue weighted by atomic mass is 32.1. The van der Waals surface area contributed by atoms with Crippen molar-refractivity contribution in [1.29, 1.82) is 0 Å². The lowest BCUT2D eigenvalue weighted by atomic mass is 9.97. The maximum Gasteiger partial charge on any atom is 0.323 e. The summed E-state index contributed by atoms with van der Waals surface area (Å²) < 4.78 is 3.81. The van der Waals surface area contributed by atoms with Crippen LogP contribution >= 0.6 is 11.5 Å². The van der Waals surface area contributed by atoms with Gasteiger partial charge in [0.05, 0.1) is 12.2 Å². The van der Waals surface area contributed by atoms with Crippen molar-refractivity contribution in [3.05, 3.63) is 54.4 Å². The van der Waals surface area contributed by atoms with Gasteiger partial charge in [-0.1, -0.05) is 10.6 Å². The van der Waals surface area contributed by atoms with Crippen molar-refractivity contribution in [2.24, 2.45) is 0 Å². The molecule has 4 rings (SSSR count). The fraction of sp³-hybridized carbons (Fsp3) is 0.278. The van der Waals surface area contributed by atoms with E-state index in [1.165, 1.54) is 18.6 Å². The molecule has 29 heavy (non-hydrogen) atoms. The van der Waals surface area contributed by atoms with E-state index in [0.717, 1.165) is 36.4 Å². The molecule has 3 aromatic heterocycles. The highest BCUT2D eigenvalue weighted by molar-refractivity contribution is 7.10. The van der Waals surface area contributed by atoms with Crippen LogP contribution in [-0.4, -0.2) is 47.9 Å². The van der Waals surface area contributed by atoms with Crippen molar-refractivity contribution < 1.29 is 9.59 Å². The van der Waals surface area contributed by atoms with Crippen LogP contribution in [0.2, 0.25) is 0 Å². The molecule has 1 aliphatic heterocycles. The summed E-state index contributed by atoms with van der Waals surface area (Å²) in [5, 5.41) is 9.52. The monoisotopic (exact) mass is 410 g/mol. The smallest absolute Gasteiger partial charge is 0.317 e.